The number of aliphatic hydroxyl groups is 1. The summed E-state index contributed by atoms with van der Waals surface area (Å²) in [5.74, 6) is 1.16. The quantitative estimate of drug-likeness (QED) is 0.830. The summed E-state index contributed by atoms with van der Waals surface area (Å²) in [6, 6.07) is 0.574. The van der Waals surface area contributed by atoms with Crippen LogP contribution in [0.25, 0.3) is 0 Å². The highest BCUT2D eigenvalue weighted by Gasteiger charge is 2.32. The van der Waals surface area contributed by atoms with Gasteiger partial charge in [-0.05, 0) is 40.5 Å². The molecule has 1 aromatic rings. The summed E-state index contributed by atoms with van der Waals surface area (Å²) in [7, 11) is 2.00. The maximum Gasteiger partial charge on any atom is 0.131 e. The third-order valence-electron chi connectivity index (χ3n) is 3.71. The largest absolute Gasteiger partial charge is 0.395 e. The standard InChI is InChI=1S/C15H28N4O/c1-11-13(10-16-15(2,3)4)14(18(5)17-11)19(8-9-20)12-6-7-12/h12,16,20H,6-10H2,1-5H3. The molecule has 1 fully saturated rings. The first-order chi connectivity index (χ1) is 9.33. The Kier molecular flexibility index (Phi) is 4.39. The highest BCUT2D eigenvalue weighted by atomic mass is 16.3. The fourth-order valence-electron chi connectivity index (χ4n) is 2.56. The molecule has 1 aliphatic carbocycles. The Bertz CT molecular complexity index is 457. The van der Waals surface area contributed by atoms with Crippen LogP contribution in [0, 0.1) is 6.92 Å². The minimum Gasteiger partial charge on any atom is -0.395 e. The van der Waals surface area contributed by atoms with E-state index in [0.717, 1.165) is 18.1 Å². The molecule has 114 valence electrons. The summed E-state index contributed by atoms with van der Waals surface area (Å²) in [6.07, 6.45) is 2.44. The fraction of sp³-hybridized carbons (Fsp3) is 0.800. The zero-order chi connectivity index (χ0) is 14.9. The highest BCUT2D eigenvalue weighted by Crippen LogP contribution is 2.34. The van der Waals surface area contributed by atoms with E-state index in [2.05, 4.69) is 43.0 Å². The number of aryl methyl sites for hydroxylation is 2. The van der Waals surface area contributed by atoms with E-state index in [1.165, 1.54) is 18.4 Å². The first-order valence-electron chi connectivity index (χ1n) is 7.48. The molecule has 1 aliphatic rings. The number of nitrogens with zero attached hydrogens (tertiary/aromatic N) is 3. The number of aromatic nitrogens is 2. The molecule has 1 heterocycles. The number of anilines is 1. The van der Waals surface area contributed by atoms with Gasteiger partial charge in [0.2, 0.25) is 0 Å². The Hall–Kier alpha value is -1.07. The van der Waals surface area contributed by atoms with Gasteiger partial charge >= 0.3 is 0 Å². The lowest BCUT2D eigenvalue weighted by Gasteiger charge is -2.27. The molecule has 0 amide bonds. The van der Waals surface area contributed by atoms with Crippen LogP contribution in [0.2, 0.25) is 0 Å². The van der Waals surface area contributed by atoms with Gasteiger partial charge in [-0.1, -0.05) is 0 Å². The van der Waals surface area contributed by atoms with Gasteiger partial charge in [0.15, 0.2) is 0 Å². The molecular weight excluding hydrogens is 252 g/mol. The zero-order valence-electron chi connectivity index (χ0n) is 13.4. The van der Waals surface area contributed by atoms with Crippen LogP contribution in [0.1, 0.15) is 44.9 Å². The van der Waals surface area contributed by atoms with E-state index >= 15 is 0 Å². The average Bonchev–Trinajstić information content (AvgIpc) is 3.10. The Balaban J connectivity index is 2.26. The smallest absolute Gasteiger partial charge is 0.131 e. The minimum absolute atomic E-state index is 0.0843. The topological polar surface area (TPSA) is 53.3 Å². The Morgan fingerprint density at radius 2 is 2.05 bits per heavy atom. The molecular formula is C15H28N4O. The van der Waals surface area contributed by atoms with Crippen molar-refractivity contribution < 1.29 is 5.11 Å². The molecule has 1 aromatic heterocycles. The van der Waals surface area contributed by atoms with Gasteiger partial charge in [0, 0.05) is 37.3 Å². The van der Waals surface area contributed by atoms with Crippen molar-refractivity contribution in [2.24, 2.45) is 7.05 Å². The van der Waals surface area contributed by atoms with Gasteiger partial charge < -0.3 is 15.3 Å². The summed E-state index contributed by atoms with van der Waals surface area (Å²) in [6.45, 7) is 10.3. The van der Waals surface area contributed by atoms with Gasteiger partial charge in [-0.25, -0.2) is 0 Å². The van der Waals surface area contributed by atoms with Gasteiger partial charge in [0.05, 0.1) is 12.3 Å². The number of hydrogen-bond acceptors (Lipinski definition) is 4. The number of nitrogens with one attached hydrogen (secondary N) is 1. The molecule has 2 rings (SSSR count). The van der Waals surface area contributed by atoms with E-state index in [9.17, 15) is 5.11 Å². The number of rotatable bonds is 6. The second-order valence-electron chi connectivity index (χ2n) is 6.76. The lowest BCUT2D eigenvalue weighted by molar-refractivity contribution is 0.300. The van der Waals surface area contributed by atoms with Gasteiger partial charge in [-0.3, -0.25) is 4.68 Å². The molecule has 0 radical (unpaired) electrons. The SMILES string of the molecule is Cc1nn(C)c(N(CCO)C2CC2)c1CNC(C)(C)C. The van der Waals surface area contributed by atoms with Gasteiger partial charge in [0.25, 0.3) is 0 Å². The van der Waals surface area contributed by atoms with Crippen molar-refractivity contribution in [3.8, 4) is 0 Å². The Morgan fingerprint density at radius 1 is 1.40 bits per heavy atom. The normalized spacial score (nSPS) is 15.7. The summed E-state index contributed by atoms with van der Waals surface area (Å²) >= 11 is 0. The van der Waals surface area contributed by atoms with Gasteiger partial charge in [-0.2, -0.15) is 5.10 Å². The molecule has 1 saturated carbocycles. The van der Waals surface area contributed by atoms with Crippen molar-refractivity contribution in [2.75, 3.05) is 18.1 Å². The molecule has 5 heteroatoms. The van der Waals surface area contributed by atoms with E-state index < -0.39 is 0 Å². The van der Waals surface area contributed by atoms with E-state index in [4.69, 9.17) is 0 Å². The monoisotopic (exact) mass is 280 g/mol. The molecule has 2 N–H and O–H groups in total. The fourth-order valence-corrected chi connectivity index (χ4v) is 2.56. The van der Waals surface area contributed by atoms with Crippen molar-refractivity contribution in [3.63, 3.8) is 0 Å². The van der Waals surface area contributed by atoms with Gasteiger partial charge in [-0.15, -0.1) is 0 Å². The third-order valence-corrected chi connectivity index (χ3v) is 3.71. The molecule has 0 aliphatic heterocycles. The van der Waals surface area contributed by atoms with Crippen molar-refractivity contribution in [3.05, 3.63) is 11.3 Å². The predicted molar refractivity (Wildman–Crippen MR) is 82.0 cm³/mol. The number of hydrogen-bond donors (Lipinski definition) is 2. The average molecular weight is 280 g/mol. The van der Waals surface area contributed by atoms with E-state index in [1.54, 1.807) is 0 Å². The van der Waals surface area contributed by atoms with Crippen LogP contribution in [0.3, 0.4) is 0 Å². The summed E-state index contributed by atoms with van der Waals surface area (Å²) in [4.78, 5) is 2.32. The summed E-state index contributed by atoms with van der Waals surface area (Å²) in [5, 5.41) is 17.5. The van der Waals surface area contributed by atoms with Crippen molar-refractivity contribution >= 4 is 5.82 Å². The molecule has 0 spiro atoms. The van der Waals surface area contributed by atoms with E-state index in [-0.39, 0.29) is 12.1 Å². The van der Waals surface area contributed by atoms with Crippen molar-refractivity contribution in [1.29, 1.82) is 0 Å². The van der Waals surface area contributed by atoms with E-state index in [1.807, 2.05) is 11.7 Å². The number of aliphatic hydroxyl groups excluding tert-OH is 1. The second-order valence-corrected chi connectivity index (χ2v) is 6.76. The van der Waals surface area contributed by atoms with Crippen LogP contribution in [0.5, 0.6) is 0 Å². The molecule has 0 saturated heterocycles. The minimum atomic E-state index is 0.0843. The first-order valence-corrected chi connectivity index (χ1v) is 7.48. The van der Waals surface area contributed by atoms with Crippen LogP contribution in [0.4, 0.5) is 5.82 Å². The highest BCUT2D eigenvalue weighted by molar-refractivity contribution is 5.52. The Labute approximate surface area is 122 Å². The molecule has 20 heavy (non-hydrogen) atoms. The summed E-state index contributed by atoms with van der Waals surface area (Å²) < 4.78 is 1.96. The maximum absolute atomic E-state index is 9.34. The molecule has 0 unspecified atom stereocenters. The van der Waals surface area contributed by atoms with Crippen molar-refractivity contribution in [1.82, 2.24) is 15.1 Å². The maximum atomic E-state index is 9.34. The van der Waals surface area contributed by atoms with Gasteiger partial charge in [0.1, 0.15) is 5.82 Å². The zero-order valence-corrected chi connectivity index (χ0v) is 13.4. The Morgan fingerprint density at radius 3 is 2.55 bits per heavy atom. The van der Waals surface area contributed by atoms with Crippen LogP contribution in [-0.4, -0.2) is 39.6 Å². The second kappa shape index (κ2) is 5.74. The lowest BCUT2D eigenvalue weighted by Crippen LogP contribution is -2.36. The van der Waals surface area contributed by atoms with Crippen LogP contribution in [0.15, 0.2) is 0 Å². The molecule has 5 nitrogen and oxygen atoms in total. The van der Waals surface area contributed by atoms with Crippen LogP contribution in [-0.2, 0) is 13.6 Å². The van der Waals surface area contributed by atoms with Crippen LogP contribution >= 0.6 is 0 Å². The predicted octanol–water partition coefficient (Wildman–Crippen LogP) is 1.58. The molecule has 0 atom stereocenters. The van der Waals surface area contributed by atoms with E-state index in [0.29, 0.717) is 12.6 Å². The van der Waals surface area contributed by atoms with Crippen LogP contribution < -0.4 is 10.2 Å². The lowest BCUT2D eigenvalue weighted by atomic mass is 10.1. The van der Waals surface area contributed by atoms with Crippen molar-refractivity contribution in [2.45, 2.75) is 58.7 Å². The first kappa shape index (κ1) is 15.3. The third kappa shape index (κ3) is 3.52. The molecule has 0 bridgehead atoms. The molecule has 0 aromatic carbocycles. The summed E-state index contributed by atoms with van der Waals surface area (Å²) in [5.41, 5.74) is 2.41.